The standard InChI is InChI=1S/C28H28N2O4.C27H26N2O4.C24H20N2O4.C13H12NO3.CH4.FH.Y/c1-16-22(26(27(31)32-5)34-28(2,3)4)24(18-8-6-7-9-20(18)30-16)19-10-11-21-23-17(13-15-33-21)12-14-29-25(19)23;1-15-21(25(26(30)31)33-27(2,3)4)23(17-7-5-6-8-19(17)29-15)18-9-10-20-22-16(12-14-32-20)11-13-28-24(18)22;1-13-19(23(27)24(28)29-2)21(15-5-3-4-6-17(15)26-13)16-7-8-18-20-14(10-12-30-18)9-11-25-22(16)20;1-8-10(12(15)13(16)17-2)7-9-5-3-4-6-11(9)14-8;;;/h6-12,14,26H,13,15H2,1-5H3;5-11,13,25H,12,14H2,1-4H3,(H,30,31);3-9,11,23,27H,10,12H2,1-2H3;3-6,12,15H,1-2H3;1H4;1H;/q;;;-1;;;/t26-;25-;23-;12-;;;/m0000.../s1. The van der Waals surface area contributed by atoms with Crippen LogP contribution in [0.3, 0.4) is 0 Å². The number of hydrogen-bond acceptors (Lipinski definition) is 21. The van der Waals surface area contributed by atoms with Crippen molar-refractivity contribution in [2.24, 2.45) is 0 Å². The van der Waals surface area contributed by atoms with E-state index in [1.54, 1.807) is 20.0 Å². The molecule has 10 heterocycles. The first-order valence-corrected chi connectivity index (χ1v) is 37.5. The van der Waals surface area contributed by atoms with Gasteiger partial charge in [0.2, 0.25) is 0 Å². The number of aliphatic hydroxyl groups excluding tert-OH is 2. The molecule has 0 spiro atoms. The van der Waals surface area contributed by atoms with E-state index in [2.05, 4.69) is 31.8 Å². The van der Waals surface area contributed by atoms with Crippen molar-refractivity contribution in [1.82, 2.24) is 34.9 Å². The van der Waals surface area contributed by atoms with E-state index in [0.29, 0.717) is 64.9 Å². The summed E-state index contributed by atoms with van der Waals surface area (Å²) < 4.78 is 44.6. The van der Waals surface area contributed by atoms with Crippen LogP contribution in [0.15, 0.2) is 170 Å². The van der Waals surface area contributed by atoms with E-state index in [1.165, 1.54) is 38.0 Å². The summed E-state index contributed by atoms with van der Waals surface area (Å²) in [6.07, 6.45) is 2.98. The van der Waals surface area contributed by atoms with E-state index in [4.69, 9.17) is 53.1 Å². The van der Waals surface area contributed by atoms with Crippen molar-refractivity contribution in [3.05, 3.63) is 238 Å². The maximum Gasteiger partial charge on any atom is 0.339 e. The number of esters is 3. The van der Waals surface area contributed by atoms with Crippen molar-refractivity contribution in [2.75, 3.05) is 41.2 Å². The zero-order chi connectivity index (χ0) is 80.6. The minimum Gasteiger partial charge on any atom is -0.493 e. The Morgan fingerprint density at radius 2 is 0.761 bits per heavy atom. The molecule has 117 heavy (non-hydrogen) atoms. The number of aryl methyl sites for hydroxylation is 4. The van der Waals surface area contributed by atoms with Gasteiger partial charge in [-0.1, -0.05) is 86.6 Å². The molecular formula is C93H91FN7O15Y-. The molecular weight excluding hydrogens is 1560 g/mol. The first-order valence-electron chi connectivity index (χ1n) is 37.5. The van der Waals surface area contributed by atoms with Gasteiger partial charge in [0.1, 0.15) is 17.2 Å². The van der Waals surface area contributed by atoms with E-state index >= 15 is 0 Å². The number of carbonyl (C=O) groups is 4. The molecule has 0 fully saturated rings. The molecule has 7 aromatic carbocycles. The van der Waals surface area contributed by atoms with Gasteiger partial charge in [0.15, 0.2) is 24.4 Å². The first kappa shape index (κ1) is 86.4. The number of aromatic nitrogens is 7. The van der Waals surface area contributed by atoms with Crippen LogP contribution in [-0.4, -0.2) is 126 Å². The van der Waals surface area contributed by atoms with E-state index in [1.807, 2.05) is 213 Å². The molecule has 4 atom stereocenters. The molecule has 0 bridgehead atoms. The Kier molecular flexibility index (Phi) is 26.6. The van der Waals surface area contributed by atoms with Crippen LogP contribution >= 0.6 is 0 Å². The second kappa shape index (κ2) is 36.0. The number of nitrogens with zero attached hydrogens (tertiary/aromatic N) is 7. The summed E-state index contributed by atoms with van der Waals surface area (Å²) in [5.41, 5.74) is 17.4. The Morgan fingerprint density at radius 3 is 1.15 bits per heavy atom. The van der Waals surface area contributed by atoms with Crippen LogP contribution in [-0.2, 0) is 94.8 Å². The Hall–Kier alpha value is -11.4. The molecule has 0 unspecified atom stereocenters. The molecule has 0 saturated carbocycles. The minimum absolute atomic E-state index is 0. The van der Waals surface area contributed by atoms with Crippen LogP contribution in [0, 0.1) is 33.8 Å². The summed E-state index contributed by atoms with van der Waals surface area (Å²) in [7, 11) is 3.87. The van der Waals surface area contributed by atoms with Crippen molar-refractivity contribution < 1.29 is 110 Å². The molecule has 14 aromatic rings. The summed E-state index contributed by atoms with van der Waals surface area (Å²) >= 11 is 0. The summed E-state index contributed by atoms with van der Waals surface area (Å²) in [5, 5.41) is 37.2. The molecule has 3 aliphatic heterocycles. The van der Waals surface area contributed by atoms with E-state index in [-0.39, 0.29) is 44.8 Å². The van der Waals surface area contributed by atoms with Gasteiger partial charge >= 0.3 is 23.9 Å². The summed E-state index contributed by atoms with van der Waals surface area (Å²) in [4.78, 5) is 81.8. The fourth-order valence-corrected chi connectivity index (χ4v) is 15.4. The Morgan fingerprint density at radius 1 is 0.427 bits per heavy atom. The molecule has 0 amide bonds. The SMILES string of the molecule is C.COC(=O)[C@@H](O)c1[c-]c2ccccc2nc1C.COC(=O)[C@@H](O)c1c(C)nc2ccccc2c1-c1ccc2c3c(ccnc13)CCO2.COC(=O)[C@@H](OC(C)(C)C)c1c(C)nc2ccccc2c1-c1ccc2c3c(ccnc13)CCO2.Cc1nc2ccccc2c(-c2ccc3c4c(ccnc24)CCO3)c1[C@H](OC(C)(C)C)C(=O)O.F.[Y]. The third kappa shape index (κ3) is 17.4. The molecule has 7 aromatic heterocycles. The van der Waals surface area contributed by atoms with Crippen molar-refractivity contribution >= 4 is 100 Å². The minimum atomic E-state index is -1.45. The maximum absolute atomic E-state index is 13.1. The molecule has 3 aliphatic rings. The number of hydrogen-bond donors (Lipinski definition) is 3. The predicted molar refractivity (Wildman–Crippen MR) is 445 cm³/mol. The monoisotopic (exact) mass is 1650 g/mol. The topological polar surface area (TPSA) is 293 Å². The van der Waals surface area contributed by atoms with Crippen LogP contribution in [0.4, 0.5) is 4.70 Å². The smallest absolute Gasteiger partial charge is 0.339 e. The van der Waals surface area contributed by atoms with Crippen molar-refractivity contribution in [2.45, 2.75) is 132 Å². The van der Waals surface area contributed by atoms with Gasteiger partial charge in [0.05, 0.1) is 85.5 Å². The van der Waals surface area contributed by atoms with Gasteiger partial charge in [-0.15, -0.1) is 23.6 Å². The zero-order valence-corrected chi connectivity index (χ0v) is 69.4. The van der Waals surface area contributed by atoms with Gasteiger partial charge in [-0.2, -0.15) is 0 Å². The summed E-state index contributed by atoms with van der Waals surface area (Å²) in [6.45, 7) is 20.5. The van der Waals surface area contributed by atoms with Gasteiger partial charge in [0, 0.05) is 170 Å². The van der Waals surface area contributed by atoms with Crippen molar-refractivity contribution in [1.29, 1.82) is 0 Å². The Bertz CT molecular complexity index is 6140. The quantitative estimate of drug-likeness (QED) is 0.0549. The number of aliphatic hydroxyl groups is 2. The number of halogens is 1. The summed E-state index contributed by atoms with van der Waals surface area (Å²) in [5.74, 6) is -0.508. The number of fused-ring (bicyclic) bond motifs is 4. The van der Waals surface area contributed by atoms with Crippen LogP contribution in [0.2, 0.25) is 0 Å². The maximum atomic E-state index is 13.1. The fourth-order valence-electron chi connectivity index (χ4n) is 15.4. The molecule has 3 N–H and O–H groups in total. The second-order valence-corrected chi connectivity index (χ2v) is 29.9. The third-order valence-corrected chi connectivity index (χ3v) is 20.2. The number of para-hydroxylation sites is 4. The average Bonchev–Trinajstić information content (AvgIpc) is 0.743. The van der Waals surface area contributed by atoms with Gasteiger partial charge in [-0.3, -0.25) is 34.6 Å². The van der Waals surface area contributed by atoms with E-state index in [9.17, 15) is 34.5 Å². The predicted octanol–water partition coefficient (Wildman–Crippen LogP) is 17.6. The molecule has 24 heteroatoms. The van der Waals surface area contributed by atoms with Crippen LogP contribution in [0.25, 0.3) is 110 Å². The second-order valence-electron chi connectivity index (χ2n) is 29.9. The Labute approximate surface area is 701 Å². The molecule has 599 valence electrons. The number of carboxylic acids is 1. The fraction of sp³-hybridized carbons (Fsp3) is 0.280. The zero-order valence-electron chi connectivity index (χ0n) is 66.6. The van der Waals surface area contributed by atoms with Gasteiger partial charge in [-0.25, -0.2) is 19.2 Å². The molecule has 0 saturated heterocycles. The van der Waals surface area contributed by atoms with Crippen LogP contribution in [0.1, 0.15) is 135 Å². The van der Waals surface area contributed by atoms with Crippen LogP contribution in [0.5, 0.6) is 17.2 Å². The largest absolute Gasteiger partial charge is 0.493 e. The number of rotatable bonds is 13. The number of carboxylic acid groups (broad SMARTS) is 1. The van der Waals surface area contributed by atoms with E-state index in [0.717, 1.165) is 146 Å². The third-order valence-electron chi connectivity index (χ3n) is 20.2. The molecule has 22 nitrogen and oxygen atoms in total. The molecule has 17 rings (SSSR count). The number of methoxy groups -OCH3 is 3. The van der Waals surface area contributed by atoms with E-state index < -0.39 is 59.5 Å². The number of benzene rings is 7. The number of pyridine rings is 7. The first-order chi connectivity index (χ1) is 54.8. The van der Waals surface area contributed by atoms with Gasteiger partial charge in [-0.05, 0) is 163 Å². The normalized spacial score (nSPS) is 13.5. The van der Waals surface area contributed by atoms with Crippen molar-refractivity contribution in [3.63, 3.8) is 0 Å². The van der Waals surface area contributed by atoms with Gasteiger partial charge in [0.25, 0.3) is 0 Å². The van der Waals surface area contributed by atoms with Gasteiger partial charge < -0.3 is 58.2 Å². The number of aliphatic carboxylic acids is 1. The Balaban J connectivity index is 0.000000155. The van der Waals surface area contributed by atoms with Crippen molar-refractivity contribution in [3.8, 4) is 50.6 Å². The summed E-state index contributed by atoms with van der Waals surface area (Å²) in [6, 6.07) is 51.7. The number of carbonyl (C=O) groups excluding carboxylic acids is 3. The molecule has 0 aliphatic carbocycles. The average molecular weight is 1650 g/mol. The van der Waals surface area contributed by atoms with Crippen LogP contribution < -0.4 is 14.2 Å². The number of ether oxygens (including phenoxy) is 8. The molecule has 1 radical (unpaired) electrons.